The Hall–Kier alpha value is -2.32. The summed E-state index contributed by atoms with van der Waals surface area (Å²) in [7, 11) is -3.30. The van der Waals surface area contributed by atoms with Gasteiger partial charge in [-0.15, -0.1) is 0 Å². The van der Waals surface area contributed by atoms with Crippen LogP contribution in [0.2, 0.25) is 0 Å². The molecule has 0 radical (unpaired) electrons. The molecule has 2 fully saturated rings. The highest BCUT2D eigenvalue weighted by molar-refractivity contribution is 7.88. The number of amides is 1. The van der Waals surface area contributed by atoms with Crippen LogP contribution in [0.3, 0.4) is 0 Å². The van der Waals surface area contributed by atoms with E-state index in [1.54, 1.807) is 11.0 Å². The number of halogens is 2. The fourth-order valence-electron chi connectivity index (χ4n) is 4.15. The molecule has 2 aromatic carbocycles. The first kappa shape index (κ1) is 20.0. The zero-order valence-electron chi connectivity index (χ0n) is 15.9. The third kappa shape index (κ3) is 4.33. The summed E-state index contributed by atoms with van der Waals surface area (Å²) in [6, 6.07) is 11.1. The molecule has 1 saturated carbocycles. The number of nitrogens with one attached hydrogen (secondary N) is 1. The van der Waals surface area contributed by atoms with Crippen LogP contribution in [0.5, 0.6) is 0 Å². The summed E-state index contributed by atoms with van der Waals surface area (Å²) >= 11 is 0. The fourth-order valence-corrected chi connectivity index (χ4v) is 4.95. The molecule has 8 heteroatoms. The molecule has 29 heavy (non-hydrogen) atoms. The number of carbonyl (C=O) groups excluding carboxylic acids is 1. The number of hydrogen-bond donors (Lipinski definition) is 1. The summed E-state index contributed by atoms with van der Waals surface area (Å²) in [6.07, 6.45) is 2.41. The quantitative estimate of drug-likeness (QED) is 0.809. The molecule has 2 aliphatic rings. The highest BCUT2D eigenvalue weighted by Gasteiger charge is 2.47. The van der Waals surface area contributed by atoms with Gasteiger partial charge in [-0.1, -0.05) is 30.3 Å². The highest BCUT2D eigenvalue weighted by atomic mass is 32.2. The standard InChI is InChI=1S/C21H22F2N2O3S/c1-29(27,28)24-14-8-9-25(12-14)21(26)18-11-17(18)16-5-3-2-4-15(16)13-6-7-19(22)20(23)10-13/h2-7,10,14,17-18,24H,8-9,11-12H2,1H3. The Labute approximate surface area is 168 Å². The Bertz CT molecular complexity index is 1060. The molecule has 1 N–H and O–H groups in total. The Kier molecular flexibility index (Phi) is 5.16. The summed E-state index contributed by atoms with van der Waals surface area (Å²) in [5, 5.41) is 0. The van der Waals surface area contributed by atoms with Gasteiger partial charge in [0.05, 0.1) is 6.26 Å². The molecule has 1 aliphatic carbocycles. The lowest BCUT2D eigenvalue weighted by Gasteiger charge is -2.17. The molecular formula is C21H22F2N2O3S. The van der Waals surface area contributed by atoms with Gasteiger partial charge in [-0.25, -0.2) is 21.9 Å². The first-order valence-electron chi connectivity index (χ1n) is 9.53. The minimum Gasteiger partial charge on any atom is -0.341 e. The summed E-state index contributed by atoms with van der Waals surface area (Å²) in [5.41, 5.74) is 2.32. The maximum atomic E-state index is 13.7. The van der Waals surface area contributed by atoms with Crippen LogP contribution in [0.25, 0.3) is 11.1 Å². The van der Waals surface area contributed by atoms with Crippen LogP contribution in [-0.4, -0.2) is 44.6 Å². The number of nitrogens with zero attached hydrogens (tertiary/aromatic N) is 1. The molecular weight excluding hydrogens is 398 g/mol. The van der Waals surface area contributed by atoms with Crippen LogP contribution >= 0.6 is 0 Å². The first-order chi connectivity index (χ1) is 13.7. The second kappa shape index (κ2) is 7.50. The van der Waals surface area contributed by atoms with Gasteiger partial charge in [0.1, 0.15) is 0 Å². The number of rotatable bonds is 5. The van der Waals surface area contributed by atoms with Gasteiger partial charge >= 0.3 is 0 Å². The Balaban J connectivity index is 1.48. The van der Waals surface area contributed by atoms with E-state index < -0.39 is 21.7 Å². The summed E-state index contributed by atoms with van der Waals surface area (Å²) < 4.78 is 52.3. The predicted octanol–water partition coefficient (Wildman–Crippen LogP) is 2.89. The molecule has 154 valence electrons. The molecule has 0 bridgehead atoms. The molecule has 5 nitrogen and oxygen atoms in total. The van der Waals surface area contributed by atoms with Crippen LogP contribution < -0.4 is 4.72 Å². The molecule has 1 saturated heterocycles. The van der Waals surface area contributed by atoms with Crippen LogP contribution in [0.15, 0.2) is 42.5 Å². The third-order valence-corrected chi connectivity index (χ3v) is 6.34. The Morgan fingerprint density at radius 2 is 1.90 bits per heavy atom. The van der Waals surface area contributed by atoms with Gasteiger partial charge in [0.2, 0.25) is 15.9 Å². The van der Waals surface area contributed by atoms with E-state index >= 15 is 0 Å². The normalized spacial score (nSPS) is 24.0. The van der Waals surface area contributed by atoms with Crippen molar-refractivity contribution in [3.05, 3.63) is 59.7 Å². The van der Waals surface area contributed by atoms with Crippen molar-refractivity contribution in [2.75, 3.05) is 19.3 Å². The lowest BCUT2D eigenvalue weighted by Crippen LogP contribution is -2.38. The third-order valence-electron chi connectivity index (χ3n) is 5.58. The summed E-state index contributed by atoms with van der Waals surface area (Å²) in [6.45, 7) is 0.903. The maximum Gasteiger partial charge on any atom is 0.226 e. The summed E-state index contributed by atoms with van der Waals surface area (Å²) in [5.74, 6) is -1.92. The van der Waals surface area contributed by atoms with E-state index in [4.69, 9.17) is 0 Å². The van der Waals surface area contributed by atoms with Gasteiger partial charge in [-0.2, -0.15) is 0 Å². The average molecular weight is 420 g/mol. The minimum absolute atomic E-state index is 0.0212. The number of carbonyl (C=O) groups is 1. The molecule has 1 heterocycles. The van der Waals surface area contributed by atoms with E-state index in [1.165, 1.54) is 6.07 Å². The Morgan fingerprint density at radius 1 is 1.14 bits per heavy atom. The van der Waals surface area contributed by atoms with Crippen LogP contribution in [0.1, 0.15) is 24.3 Å². The molecule has 0 aromatic heterocycles. The molecule has 1 aliphatic heterocycles. The van der Waals surface area contributed by atoms with Crippen molar-refractivity contribution in [1.82, 2.24) is 9.62 Å². The minimum atomic E-state index is -3.30. The van der Waals surface area contributed by atoms with Crippen molar-refractivity contribution in [3.8, 4) is 11.1 Å². The molecule has 3 atom stereocenters. The second-order valence-electron chi connectivity index (χ2n) is 7.82. The van der Waals surface area contributed by atoms with E-state index in [9.17, 15) is 22.0 Å². The molecule has 3 unspecified atom stereocenters. The Morgan fingerprint density at radius 3 is 2.62 bits per heavy atom. The second-order valence-corrected chi connectivity index (χ2v) is 9.60. The predicted molar refractivity (Wildman–Crippen MR) is 106 cm³/mol. The van der Waals surface area contributed by atoms with E-state index in [2.05, 4.69) is 4.72 Å². The van der Waals surface area contributed by atoms with Crippen LogP contribution in [-0.2, 0) is 14.8 Å². The number of sulfonamides is 1. The number of benzene rings is 2. The smallest absolute Gasteiger partial charge is 0.226 e. The molecule has 1 amide bonds. The molecule has 0 spiro atoms. The molecule has 4 rings (SSSR count). The SMILES string of the molecule is CS(=O)(=O)NC1CCN(C(=O)C2CC2c2ccccc2-c2ccc(F)c(F)c2)C1. The van der Waals surface area contributed by atoms with Crippen LogP contribution in [0.4, 0.5) is 8.78 Å². The van der Waals surface area contributed by atoms with Gasteiger partial charge in [0, 0.05) is 25.0 Å². The topological polar surface area (TPSA) is 66.5 Å². The van der Waals surface area contributed by atoms with E-state index in [-0.39, 0.29) is 23.8 Å². The lowest BCUT2D eigenvalue weighted by atomic mass is 9.95. The van der Waals surface area contributed by atoms with E-state index in [0.717, 1.165) is 23.4 Å². The van der Waals surface area contributed by atoms with Gasteiger partial charge in [-0.05, 0) is 47.6 Å². The average Bonchev–Trinajstić information content (AvgIpc) is 3.34. The van der Waals surface area contributed by atoms with Crippen molar-refractivity contribution in [1.29, 1.82) is 0 Å². The van der Waals surface area contributed by atoms with Crippen molar-refractivity contribution >= 4 is 15.9 Å². The van der Waals surface area contributed by atoms with Gasteiger partial charge in [0.25, 0.3) is 0 Å². The zero-order valence-corrected chi connectivity index (χ0v) is 16.8. The van der Waals surface area contributed by atoms with Crippen molar-refractivity contribution in [2.45, 2.75) is 24.8 Å². The van der Waals surface area contributed by atoms with Gasteiger partial charge < -0.3 is 4.90 Å². The largest absolute Gasteiger partial charge is 0.341 e. The zero-order chi connectivity index (χ0) is 20.8. The van der Waals surface area contributed by atoms with Crippen LogP contribution in [0, 0.1) is 17.6 Å². The summed E-state index contributed by atoms with van der Waals surface area (Å²) in [4.78, 5) is 14.6. The fraction of sp³-hybridized carbons (Fsp3) is 0.381. The molecule has 2 aromatic rings. The van der Waals surface area contributed by atoms with E-state index in [0.29, 0.717) is 31.5 Å². The monoisotopic (exact) mass is 420 g/mol. The first-order valence-corrected chi connectivity index (χ1v) is 11.4. The maximum absolute atomic E-state index is 13.7. The van der Waals surface area contributed by atoms with Crippen molar-refractivity contribution in [3.63, 3.8) is 0 Å². The number of hydrogen-bond acceptors (Lipinski definition) is 3. The van der Waals surface area contributed by atoms with Crippen molar-refractivity contribution in [2.24, 2.45) is 5.92 Å². The van der Waals surface area contributed by atoms with Gasteiger partial charge in [0.15, 0.2) is 11.6 Å². The highest BCUT2D eigenvalue weighted by Crippen LogP contribution is 2.51. The number of likely N-dealkylation sites (tertiary alicyclic amines) is 1. The van der Waals surface area contributed by atoms with E-state index in [1.807, 2.05) is 24.3 Å². The lowest BCUT2D eigenvalue weighted by molar-refractivity contribution is -0.131. The van der Waals surface area contributed by atoms with Crippen molar-refractivity contribution < 1.29 is 22.0 Å². The van der Waals surface area contributed by atoms with Gasteiger partial charge in [-0.3, -0.25) is 4.79 Å².